The Balaban J connectivity index is 1.70. The Morgan fingerprint density at radius 1 is 1.40 bits per heavy atom. The molecule has 7 heteroatoms. The second-order valence-corrected chi connectivity index (χ2v) is 5.92. The molecular formula is C18H21N5O2. The van der Waals surface area contributed by atoms with E-state index in [1.165, 1.54) is 6.08 Å². The highest BCUT2D eigenvalue weighted by atomic mass is 16.2. The lowest BCUT2D eigenvalue weighted by Crippen LogP contribution is -2.31. The zero-order valence-corrected chi connectivity index (χ0v) is 13.8. The third-order valence-corrected chi connectivity index (χ3v) is 4.17. The van der Waals surface area contributed by atoms with Gasteiger partial charge >= 0.3 is 0 Å². The largest absolute Gasteiger partial charge is 0.376 e. The molecular weight excluding hydrogens is 318 g/mol. The molecule has 1 aliphatic rings. The summed E-state index contributed by atoms with van der Waals surface area (Å²) in [6.07, 6.45) is 9.04. The first-order valence-corrected chi connectivity index (χ1v) is 8.22. The van der Waals surface area contributed by atoms with Gasteiger partial charge in [-0.05, 0) is 30.2 Å². The molecule has 3 rings (SSSR count). The molecule has 7 nitrogen and oxygen atoms in total. The Hall–Kier alpha value is -2.93. The zero-order chi connectivity index (χ0) is 17.6. The van der Waals surface area contributed by atoms with Gasteiger partial charge in [0.15, 0.2) is 0 Å². The molecule has 1 aliphatic heterocycles. The van der Waals surface area contributed by atoms with Crippen molar-refractivity contribution in [1.29, 1.82) is 0 Å². The van der Waals surface area contributed by atoms with Crippen LogP contribution in [0.4, 0.5) is 5.69 Å². The number of nitrogens with one attached hydrogen (secondary N) is 2. The summed E-state index contributed by atoms with van der Waals surface area (Å²) in [5.74, 6) is -0.0470. The highest BCUT2D eigenvalue weighted by Crippen LogP contribution is 2.20. The maximum atomic E-state index is 12.1. The number of aromatic amines is 1. The average Bonchev–Trinajstić information content (AvgIpc) is 3.11. The minimum Gasteiger partial charge on any atom is -0.376 e. The number of carbonyl (C=O) groups excluding carboxylic acids is 1. The zero-order valence-electron chi connectivity index (χ0n) is 13.8. The lowest BCUT2D eigenvalue weighted by Gasteiger charge is -2.16. The Morgan fingerprint density at radius 2 is 2.20 bits per heavy atom. The van der Waals surface area contributed by atoms with E-state index in [0.717, 1.165) is 17.5 Å². The highest BCUT2D eigenvalue weighted by molar-refractivity contribution is 5.87. The van der Waals surface area contributed by atoms with Gasteiger partial charge in [0, 0.05) is 55.9 Å². The van der Waals surface area contributed by atoms with Crippen LogP contribution in [0.15, 0.2) is 53.7 Å². The van der Waals surface area contributed by atoms with Crippen LogP contribution >= 0.6 is 0 Å². The van der Waals surface area contributed by atoms with Crippen molar-refractivity contribution in [2.45, 2.75) is 12.5 Å². The summed E-state index contributed by atoms with van der Waals surface area (Å²) in [7, 11) is 0. The van der Waals surface area contributed by atoms with Gasteiger partial charge in [0.1, 0.15) is 5.69 Å². The van der Waals surface area contributed by atoms with Gasteiger partial charge < -0.3 is 20.9 Å². The lowest BCUT2D eigenvalue weighted by atomic mass is 10.1. The van der Waals surface area contributed by atoms with E-state index in [1.54, 1.807) is 29.6 Å². The van der Waals surface area contributed by atoms with Crippen LogP contribution in [0.1, 0.15) is 6.42 Å². The van der Waals surface area contributed by atoms with E-state index in [0.29, 0.717) is 25.3 Å². The van der Waals surface area contributed by atoms with Gasteiger partial charge in [0.25, 0.3) is 5.56 Å². The number of pyridine rings is 2. The number of nitrogens with zero attached hydrogens (tertiary/aromatic N) is 2. The van der Waals surface area contributed by atoms with Crippen molar-refractivity contribution >= 4 is 11.6 Å². The van der Waals surface area contributed by atoms with Gasteiger partial charge in [-0.1, -0.05) is 6.08 Å². The molecule has 0 aromatic carbocycles. The molecule has 0 bridgehead atoms. The van der Waals surface area contributed by atoms with Crippen LogP contribution in [0, 0.1) is 0 Å². The van der Waals surface area contributed by atoms with Crippen LogP contribution in [-0.2, 0) is 4.79 Å². The number of anilines is 1. The predicted octanol–water partition coefficient (Wildman–Crippen LogP) is 0.965. The van der Waals surface area contributed by atoms with E-state index < -0.39 is 0 Å². The van der Waals surface area contributed by atoms with Crippen molar-refractivity contribution in [3.8, 4) is 11.1 Å². The molecule has 1 saturated heterocycles. The second-order valence-electron chi connectivity index (χ2n) is 5.92. The van der Waals surface area contributed by atoms with Gasteiger partial charge in [-0.25, -0.2) is 0 Å². The van der Waals surface area contributed by atoms with Gasteiger partial charge in [-0.15, -0.1) is 0 Å². The van der Waals surface area contributed by atoms with Gasteiger partial charge in [-0.3, -0.25) is 14.6 Å². The first kappa shape index (κ1) is 16.9. The molecule has 1 amide bonds. The number of nitrogens with two attached hydrogens (primary N) is 1. The molecule has 1 fully saturated rings. The number of likely N-dealkylation sites (tertiary alicyclic amines) is 1. The van der Waals surface area contributed by atoms with Crippen LogP contribution in [-0.4, -0.2) is 46.5 Å². The smallest absolute Gasteiger partial charge is 0.271 e. The summed E-state index contributed by atoms with van der Waals surface area (Å²) in [5.41, 5.74) is 7.58. The lowest BCUT2D eigenvalue weighted by molar-refractivity contribution is -0.125. The van der Waals surface area contributed by atoms with Crippen LogP contribution in [0.3, 0.4) is 0 Å². The van der Waals surface area contributed by atoms with E-state index in [-0.39, 0.29) is 17.5 Å². The SMILES string of the molecule is NCC=CC(=O)N1CC[C@@H](Nc2cc(-c3ccncc3)c[nH]c2=O)C1. The van der Waals surface area contributed by atoms with Crippen LogP contribution in [0.5, 0.6) is 0 Å². The standard InChI is InChI=1S/C18H21N5O2/c19-6-1-2-17(24)23-9-5-15(12-23)22-16-10-14(11-21-18(16)25)13-3-7-20-8-4-13/h1-4,7-8,10-11,15,22H,5-6,9,12,19H2,(H,21,25)/t15-/m1/s1. The highest BCUT2D eigenvalue weighted by Gasteiger charge is 2.25. The third-order valence-electron chi connectivity index (χ3n) is 4.17. The van der Waals surface area contributed by atoms with Crippen LogP contribution in [0.2, 0.25) is 0 Å². The molecule has 0 aliphatic carbocycles. The number of H-pyrrole nitrogens is 1. The summed E-state index contributed by atoms with van der Waals surface area (Å²) in [5, 5.41) is 3.26. The Labute approximate surface area is 145 Å². The minimum absolute atomic E-state index is 0.0454. The van der Waals surface area contributed by atoms with E-state index in [9.17, 15) is 9.59 Å². The van der Waals surface area contributed by atoms with Crippen LogP contribution < -0.4 is 16.6 Å². The molecule has 130 valence electrons. The van der Waals surface area contributed by atoms with Crippen LogP contribution in [0.25, 0.3) is 11.1 Å². The summed E-state index contributed by atoms with van der Waals surface area (Å²) in [6.45, 7) is 1.57. The molecule has 3 heterocycles. The summed E-state index contributed by atoms with van der Waals surface area (Å²) in [4.78, 5) is 32.6. The fraction of sp³-hybridized carbons (Fsp3) is 0.278. The number of carbonyl (C=O) groups is 1. The van der Waals surface area contributed by atoms with E-state index >= 15 is 0 Å². The minimum atomic E-state index is -0.175. The molecule has 25 heavy (non-hydrogen) atoms. The molecule has 0 radical (unpaired) electrons. The number of amides is 1. The van der Waals surface area contributed by atoms with E-state index in [1.807, 2.05) is 18.2 Å². The summed E-state index contributed by atoms with van der Waals surface area (Å²) in [6, 6.07) is 5.64. The number of hydrogen-bond donors (Lipinski definition) is 3. The maximum Gasteiger partial charge on any atom is 0.271 e. The molecule has 0 unspecified atom stereocenters. The van der Waals surface area contributed by atoms with Crippen molar-refractivity contribution in [2.24, 2.45) is 5.73 Å². The predicted molar refractivity (Wildman–Crippen MR) is 97.1 cm³/mol. The second kappa shape index (κ2) is 7.76. The molecule has 0 saturated carbocycles. The van der Waals surface area contributed by atoms with Crippen molar-refractivity contribution in [3.63, 3.8) is 0 Å². The Bertz CT molecular complexity index is 816. The normalized spacial score (nSPS) is 17.2. The first-order chi connectivity index (χ1) is 12.2. The van der Waals surface area contributed by atoms with Gasteiger partial charge in [-0.2, -0.15) is 0 Å². The Morgan fingerprint density at radius 3 is 2.96 bits per heavy atom. The van der Waals surface area contributed by atoms with E-state index in [4.69, 9.17) is 5.73 Å². The monoisotopic (exact) mass is 339 g/mol. The van der Waals surface area contributed by atoms with Gasteiger partial charge in [0.05, 0.1) is 0 Å². The van der Waals surface area contributed by atoms with Crippen molar-refractivity contribution in [2.75, 3.05) is 25.0 Å². The van der Waals surface area contributed by atoms with Crippen molar-refractivity contribution < 1.29 is 4.79 Å². The number of rotatable bonds is 5. The van der Waals surface area contributed by atoms with Crippen molar-refractivity contribution in [3.05, 3.63) is 59.3 Å². The summed E-state index contributed by atoms with van der Waals surface area (Å²) < 4.78 is 0. The molecule has 4 N–H and O–H groups in total. The van der Waals surface area contributed by atoms with Gasteiger partial charge in [0.2, 0.25) is 5.91 Å². The van der Waals surface area contributed by atoms with E-state index in [2.05, 4.69) is 15.3 Å². The quantitative estimate of drug-likeness (QED) is 0.704. The Kier molecular flexibility index (Phi) is 5.25. The first-order valence-electron chi connectivity index (χ1n) is 8.22. The third kappa shape index (κ3) is 4.13. The topological polar surface area (TPSA) is 104 Å². The maximum absolute atomic E-state index is 12.1. The fourth-order valence-electron chi connectivity index (χ4n) is 2.87. The molecule has 1 atom stereocenters. The number of aromatic nitrogens is 2. The molecule has 2 aromatic heterocycles. The molecule has 2 aromatic rings. The van der Waals surface area contributed by atoms with Crippen molar-refractivity contribution in [1.82, 2.24) is 14.9 Å². The average molecular weight is 339 g/mol. The summed E-state index contributed by atoms with van der Waals surface area (Å²) >= 11 is 0. The number of hydrogen-bond acceptors (Lipinski definition) is 5. The fourth-order valence-corrected chi connectivity index (χ4v) is 2.87. The molecule has 0 spiro atoms.